The number of halogens is 1. The van der Waals surface area contributed by atoms with Crippen molar-refractivity contribution < 1.29 is 14.8 Å². The molecule has 0 saturated carbocycles. The molecule has 1 aromatic rings. The number of nitrogen functional groups attached to an aromatic ring is 1. The minimum absolute atomic E-state index is 0.306. The number of carbonyl (C=O) groups is 1. The van der Waals surface area contributed by atoms with Gasteiger partial charge in [-0.3, -0.25) is 14.9 Å². The maximum Gasteiger partial charge on any atom is 0.293 e. The molecule has 0 atom stereocenters. The van der Waals surface area contributed by atoms with Gasteiger partial charge >= 0.3 is 0 Å². The van der Waals surface area contributed by atoms with Gasteiger partial charge in [-0.05, 0) is 6.07 Å². The van der Waals surface area contributed by atoms with Crippen LogP contribution in [0.4, 0.5) is 11.4 Å². The van der Waals surface area contributed by atoms with Crippen LogP contribution in [0.5, 0.6) is 5.75 Å². The van der Waals surface area contributed by atoms with E-state index in [0.717, 1.165) is 12.1 Å². The fourth-order valence-electron chi connectivity index (χ4n) is 1.12. The summed E-state index contributed by atoms with van der Waals surface area (Å²) in [4.78, 5) is 21.0. The molecule has 0 radical (unpaired) electrons. The molecule has 0 aromatic heterocycles. The van der Waals surface area contributed by atoms with E-state index >= 15 is 0 Å². The highest BCUT2D eigenvalue weighted by Crippen LogP contribution is 2.32. The first-order chi connectivity index (χ1) is 6.99. The van der Waals surface area contributed by atoms with Crippen molar-refractivity contribution in [1.82, 2.24) is 0 Å². The Morgan fingerprint density at radius 3 is 2.67 bits per heavy atom. The number of nitrogens with two attached hydrogens (primary N) is 1. The molecule has 1 aromatic carbocycles. The number of aromatic hydroxyl groups is 1. The van der Waals surface area contributed by atoms with Gasteiger partial charge in [0.2, 0.25) is 0 Å². The first-order valence-corrected chi connectivity index (χ1v) is 4.37. The Labute approximate surface area is 89.4 Å². The first kappa shape index (κ1) is 11.3. The van der Waals surface area contributed by atoms with Crippen molar-refractivity contribution in [3.05, 3.63) is 27.8 Å². The fraction of sp³-hybridized carbons (Fsp3) is 0.125. The van der Waals surface area contributed by atoms with Gasteiger partial charge in [0.05, 0.1) is 16.4 Å². The topological polar surface area (TPSA) is 106 Å². The normalized spacial score (nSPS) is 9.93. The molecule has 15 heavy (non-hydrogen) atoms. The van der Waals surface area contributed by atoms with Gasteiger partial charge in [-0.1, -0.05) is 0 Å². The van der Waals surface area contributed by atoms with E-state index in [9.17, 15) is 20.0 Å². The van der Waals surface area contributed by atoms with Gasteiger partial charge in [0.1, 0.15) is 11.4 Å². The van der Waals surface area contributed by atoms with Gasteiger partial charge in [0.15, 0.2) is 5.78 Å². The van der Waals surface area contributed by atoms with Gasteiger partial charge in [0, 0.05) is 6.07 Å². The smallest absolute Gasteiger partial charge is 0.293 e. The molecule has 0 aliphatic heterocycles. The molecular weight excluding hydrogens is 224 g/mol. The molecule has 7 heteroatoms. The molecule has 0 heterocycles. The summed E-state index contributed by atoms with van der Waals surface area (Å²) < 4.78 is 0. The van der Waals surface area contributed by atoms with Gasteiger partial charge in [-0.15, -0.1) is 11.6 Å². The summed E-state index contributed by atoms with van der Waals surface area (Å²) in [7, 11) is 0. The standard InChI is InChI=1S/C8H7ClN2O4/c9-3-6(13)7-5(12)2-1-4(8(7)10)11(14)15/h1-2,12H,3,10H2. The van der Waals surface area contributed by atoms with E-state index in [0.29, 0.717) is 0 Å². The third-order valence-electron chi connectivity index (χ3n) is 1.80. The Bertz CT molecular complexity index is 433. The molecule has 0 fully saturated rings. The summed E-state index contributed by atoms with van der Waals surface area (Å²) >= 11 is 5.28. The second-order valence-electron chi connectivity index (χ2n) is 2.71. The predicted octanol–water partition coefficient (Wildman–Crippen LogP) is 1.30. The van der Waals surface area contributed by atoms with Crippen LogP contribution < -0.4 is 5.73 Å². The minimum atomic E-state index is -0.736. The summed E-state index contributed by atoms with van der Waals surface area (Å²) in [5, 5.41) is 19.8. The van der Waals surface area contributed by atoms with E-state index < -0.39 is 28.0 Å². The Kier molecular flexibility index (Phi) is 3.11. The molecular formula is C8H7ClN2O4. The number of benzene rings is 1. The van der Waals surface area contributed by atoms with Crippen LogP contribution in [0, 0.1) is 10.1 Å². The van der Waals surface area contributed by atoms with Crippen LogP contribution in [-0.2, 0) is 0 Å². The average Bonchev–Trinajstić information content (AvgIpc) is 2.16. The molecule has 0 unspecified atom stereocenters. The molecule has 0 spiro atoms. The number of rotatable bonds is 3. The zero-order valence-electron chi connectivity index (χ0n) is 7.44. The lowest BCUT2D eigenvalue weighted by Crippen LogP contribution is -2.07. The second kappa shape index (κ2) is 4.14. The Hall–Kier alpha value is -1.82. The van der Waals surface area contributed by atoms with E-state index in [2.05, 4.69) is 0 Å². The Balaban J connectivity index is 3.43. The van der Waals surface area contributed by atoms with E-state index in [4.69, 9.17) is 17.3 Å². The number of nitrogens with zero attached hydrogens (tertiary/aromatic N) is 1. The maximum absolute atomic E-state index is 11.2. The van der Waals surface area contributed by atoms with E-state index in [1.165, 1.54) is 0 Å². The zero-order chi connectivity index (χ0) is 11.6. The molecule has 1 rings (SSSR count). The Morgan fingerprint density at radius 1 is 1.60 bits per heavy atom. The van der Waals surface area contributed by atoms with Crippen molar-refractivity contribution in [1.29, 1.82) is 0 Å². The number of alkyl halides is 1. The number of hydrogen-bond acceptors (Lipinski definition) is 5. The van der Waals surface area contributed by atoms with E-state index in [1.807, 2.05) is 0 Å². The number of hydrogen-bond donors (Lipinski definition) is 2. The zero-order valence-corrected chi connectivity index (χ0v) is 8.19. The average molecular weight is 231 g/mol. The highest BCUT2D eigenvalue weighted by atomic mass is 35.5. The van der Waals surface area contributed by atoms with Crippen LogP contribution in [0.2, 0.25) is 0 Å². The lowest BCUT2D eigenvalue weighted by Gasteiger charge is -2.05. The molecule has 0 aliphatic carbocycles. The second-order valence-corrected chi connectivity index (χ2v) is 2.97. The summed E-state index contributed by atoms with van der Waals surface area (Å²) in [6.45, 7) is 0. The molecule has 80 valence electrons. The van der Waals surface area contributed by atoms with Gasteiger partial charge < -0.3 is 10.8 Å². The lowest BCUT2D eigenvalue weighted by atomic mass is 10.1. The van der Waals surface area contributed by atoms with Crippen molar-refractivity contribution in [3.8, 4) is 5.75 Å². The summed E-state index contributed by atoms with van der Waals surface area (Å²) in [6, 6.07) is 2.06. The van der Waals surface area contributed by atoms with E-state index in [-0.39, 0.29) is 11.3 Å². The van der Waals surface area contributed by atoms with Crippen molar-refractivity contribution in [2.24, 2.45) is 0 Å². The van der Waals surface area contributed by atoms with Crippen molar-refractivity contribution in [2.45, 2.75) is 0 Å². The highest BCUT2D eigenvalue weighted by molar-refractivity contribution is 6.31. The summed E-state index contributed by atoms with van der Waals surface area (Å²) in [5.74, 6) is -1.47. The third kappa shape index (κ3) is 1.99. The minimum Gasteiger partial charge on any atom is -0.507 e. The number of phenolic OH excluding ortho intramolecular Hbond substituents is 1. The maximum atomic E-state index is 11.2. The SMILES string of the molecule is Nc1c([N+](=O)[O-])ccc(O)c1C(=O)CCl. The Morgan fingerprint density at radius 2 is 2.20 bits per heavy atom. The molecule has 6 nitrogen and oxygen atoms in total. The molecule has 0 saturated heterocycles. The molecule has 3 N–H and O–H groups in total. The number of anilines is 1. The van der Waals surface area contributed by atoms with Crippen LogP contribution >= 0.6 is 11.6 Å². The predicted molar refractivity (Wildman–Crippen MR) is 54.2 cm³/mol. The van der Waals surface area contributed by atoms with Gasteiger partial charge in [-0.25, -0.2) is 0 Å². The number of carbonyl (C=O) groups excluding carboxylic acids is 1. The third-order valence-corrected chi connectivity index (χ3v) is 2.04. The molecule has 0 bridgehead atoms. The monoisotopic (exact) mass is 230 g/mol. The van der Waals surface area contributed by atoms with Crippen LogP contribution in [0.25, 0.3) is 0 Å². The van der Waals surface area contributed by atoms with Crippen molar-refractivity contribution in [3.63, 3.8) is 0 Å². The molecule has 0 amide bonds. The van der Waals surface area contributed by atoms with Crippen molar-refractivity contribution >= 4 is 28.8 Å². The van der Waals surface area contributed by atoms with Gasteiger partial charge in [0.25, 0.3) is 5.69 Å². The number of ketones is 1. The van der Waals surface area contributed by atoms with E-state index in [1.54, 1.807) is 0 Å². The fourth-order valence-corrected chi connectivity index (χ4v) is 1.25. The number of phenols is 1. The van der Waals surface area contributed by atoms with Gasteiger partial charge in [-0.2, -0.15) is 0 Å². The van der Waals surface area contributed by atoms with Crippen molar-refractivity contribution in [2.75, 3.05) is 11.6 Å². The molecule has 0 aliphatic rings. The quantitative estimate of drug-likeness (QED) is 0.268. The van der Waals surface area contributed by atoms with Crippen LogP contribution in [-0.4, -0.2) is 21.7 Å². The number of Topliss-reactive ketones (excluding diaryl/α,β-unsaturated/α-hetero) is 1. The van der Waals surface area contributed by atoms with Crippen LogP contribution in [0.15, 0.2) is 12.1 Å². The highest BCUT2D eigenvalue weighted by Gasteiger charge is 2.22. The first-order valence-electron chi connectivity index (χ1n) is 3.84. The summed E-state index contributed by atoms with van der Waals surface area (Å²) in [6.07, 6.45) is 0. The van der Waals surface area contributed by atoms with Crippen LogP contribution in [0.1, 0.15) is 10.4 Å². The summed E-state index contributed by atoms with van der Waals surface area (Å²) in [5.41, 5.74) is 4.27. The number of nitro groups is 1. The number of nitro benzene ring substituents is 1. The lowest BCUT2D eigenvalue weighted by molar-refractivity contribution is -0.383. The van der Waals surface area contributed by atoms with Crippen LogP contribution in [0.3, 0.4) is 0 Å². The largest absolute Gasteiger partial charge is 0.507 e.